The summed E-state index contributed by atoms with van der Waals surface area (Å²) in [7, 11) is 1.73. The van der Waals surface area contributed by atoms with Crippen LogP contribution < -0.4 is 9.47 Å². The lowest BCUT2D eigenvalue weighted by molar-refractivity contribution is -0.0840. The van der Waals surface area contributed by atoms with E-state index in [2.05, 4.69) is 72.5 Å². The molecule has 0 saturated carbocycles. The van der Waals surface area contributed by atoms with Crippen LogP contribution in [0.4, 0.5) is 0 Å². The Labute approximate surface area is 203 Å². The van der Waals surface area contributed by atoms with Crippen molar-refractivity contribution in [1.29, 1.82) is 0 Å². The van der Waals surface area contributed by atoms with E-state index in [4.69, 9.17) is 14.2 Å². The van der Waals surface area contributed by atoms with Crippen molar-refractivity contribution in [1.82, 2.24) is 4.90 Å². The minimum absolute atomic E-state index is 0.0476. The average Bonchev–Trinajstić information content (AvgIpc) is 2.89. The standard InChI is InChI=1S/C30H35NO3/c1-22-10-12-24(13-11-22)29-28(26-8-4-5-9-27(26)34-30(29)32-2)23-14-16-25(17-15-23)33-21-20-31-18-6-3-7-19-31/h4-5,8-17,28-30H,3,6-7,18-21H2,1-2H3. The van der Waals surface area contributed by atoms with Gasteiger partial charge in [0.05, 0.1) is 5.92 Å². The fraction of sp³-hybridized carbons (Fsp3) is 0.400. The van der Waals surface area contributed by atoms with Crippen molar-refractivity contribution in [2.24, 2.45) is 0 Å². The average molecular weight is 458 g/mol. The minimum Gasteiger partial charge on any atom is -0.492 e. The van der Waals surface area contributed by atoms with E-state index in [0.29, 0.717) is 0 Å². The molecule has 2 aliphatic heterocycles. The first kappa shape index (κ1) is 22.9. The number of aryl methyl sites for hydroxylation is 1. The van der Waals surface area contributed by atoms with Crippen molar-refractivity contribution < 1.29 is 14.2 Å². The Morgan fingerprint density at radius 3 is 2.29 bits per heavy atom. The second-order valence-corrected chi connectivity index (χ2v) is 9.49. The van der Waals surface area contributed by atoms with Gasteiger partial charge in [-0.1, -0.05) is 66.6 Å². The van der Waals surface area contributed by atoms with Gasteiger partial charge in [0, 0.05) is 25.1 Å². The van der Waals surface area contributed by atoms with Crippen LogP contribution in [0.3, 0.4) is 0 Å². The van der Waals surface area contributed by atoms with Gasteiger partial charge in [-0.25, -0.2) is 0 Å². The third kappa shape index (κ3) is 4.98. The van der Waals surface area contributed by atoms with Gasteiger partial charge in [0.25, 0.3) is 0 Å². The summed E-state index contributed by atoms with van der Waals surface area (Å²) in [5.41, 5.74) is 4.91. The largest absolute Gasteiger partial charge is 0.492 e. The molecule has 4 nitrogen and oxygen atoms in total. The Hall–Kier alpha value is -2.82. The Morgan fingerprint density at radius 2 is 1.56 bits per heavy atom. The van der Waals surface area contributed by atoms with Crippen molar-refractivity contribution in [3.63, 3.8) is 0 Å². The lowest BCUT2D eigenvalue weighted by Crippen LogP contribution is -2.36. The zero-order chi connectivity index (χ0) is 23.3. The molecule has 0 spiro atoms. The third-order valence-corrected chi connectivity index (χ3v) is 7.21. The van der Waals surface area contributed by atoms with Crippen LogP contribution >= 0.6 is 0 Å². The van der Waals surface area contributed by atoms with E-state index in [-0.39, 0.29) is 18.1 Å². The van der Waals surface area contributed by atoms with Crippen LogP contribution in [0.25, 0.3) is 0 Å². The number of ether oxygens (including phenoxy) is 3. The Bertz CT molecular complexity index is 1060. The second kappa shape index (κ2) is 10.6. The van der Waals surface area contributed by atoms with E-state index in [1.54, 1.807) is 7.11 Å². The zero-order valence-electron chi connectivity index (χ0n) is 20.3. The number of likely N-dealkylation sites (tertiary alicyclic amines) is 1. The maximum absolute atomic E-state index is 6.31. The summed E-state index contributed by atoms with van der Waals surface area (Å²) in [6, 6.07) is 25.7. The van der Waals surface area contributed by atoms with Crippen molar-refractivity contribution in [3.05, 3.63) is 95.1 Å². The van der Waals surface area contributed by atoms with Gasteiger partial charge in [-0.15, -0.1) is 0 Å². The molecule has 3 aromatic carbocycles. The third-order valence-electron chi connectivity index (χ3n) is 7.21. The molecule has 0 bridgehead atoms. The van der Waals surface area contributed by atoms with E-state index in [0.717, 1.165) is 24.7 Å². The first-order chi connectivity index (χ1) is 16.7. The number of para-hydroxylation sites is 1. The highest BCUT2D eigenvalue weighted by atomic mass is 16.7. The highest BCUT2D eigenvalue weighted by Crippen LogP contribution is 2.49. The molecule has 0 amide bonds. The molecule has 3 atom stereocenters. The number of benzene rings is 3. The number of hydrogen-bond donors (Lipinski definition) is 0. The number of hydrogen-bond acceptors (Lipinski definition) is 4. The number of fused-ring (bicyclic) bond motifs is 1. The Balaban J connectivity index is 1.40. The molecule has 1 saturated heterocycles. The first-order valence-electron chi connectivity index (χ1n) is 12.5. The van der Waals surface area contributed by atoms with Gasteiger partial charge in [-0.2, -0.15) is 0 Å². The van der Waals surface area contributed by atoms with Crippen molar-refractivity contribution >= 4 is 0 Å². The molecule has 2 aliphatic rings. The quantitative estimate of drug-likeness (QED) is 0.426. The Morgan fingerprint density at radius 1 is 0.853 bits per heavy atom. The zero-order valence-corrected chi connectivity index (χ0v) is 20.3. The summed E-state index contributed by atoms with van der Waals surface area (Å²) in [5.74, 6) is 1.99. The number of piperidine rings is 1. The van der Waals surface area contributed by atoms with Crippen molar-refractivity contribution in [2.45, 2.75) is 44.3 Å². The summed E-state index contributed by atoms with van der Waals surface area (Å²) in [5, 5.41) is 0. The SMILES string of the molecule is COC1Oc2ccccc2C(c2ccc(OCCN3CCCCC3)cc2)C1c1ccc(C)cc1. The van der Waals surface area contributed by atoms with Gasteiger partial charge in [0.15, 0.2) is 0 Å². The lowest BCUT2D eigenvalue weighted by Gasteiger charge is -2.39. The molecule has 4 heteroatoms. The smallest absolute Gasteiger partial charge is 0.207 e. The summed E-state index contributed by atoms with van der Waals surface area (Å²) >= 11 is 0. The maximum atomic E-state index is 6.31. The number of nitrogens with zero attached hydrogens (tertiary/aromatic N) is 1. The lowest BCUT2D eigenvalue weighted by atomic mass is 9.75. The van der Waals surface area contributed by atoms with Gasteiger partial charge in [-0.3, -0.25) is 4.90 Å². The summed E-state index contributed by atoms with van der Waals surface area (Å²) < 4.78 is 18.3. The van der Waals surface area contributed by atoms with Crippen LogP contribution in [0.1, 0.15) is 53.4 Å². The number of rotatable bonds is 7. The van der Waals surface area contributed by atoms with Crippen LogP contribution in [-0.4, -0.2) is 44.5 Å². The van der Waals surface area contributed by atoms with Crippen LogP contribution in [0, 0.1) is 6.92 Å². The molecule has 5 rings (SSSR count). The Kier molecular flexibility index (Phi) is 7.17. The fourth-order valence-corrected chi connectivity index (χ4v) is 5.36. The molecule has 3 aromatic rings. The van der Waals surface area contributed by atoms with Crippen molar-refractivity contribution in [3.8, 4) is 11.5 Å². The van der Waals surface area contributed by atoms with E-state index in [1.807, 2.05) is 12.1 Å². The van der Waals surface area contributed by atoms with Crippen LogP contribution in [-0.2, 0) is 4.74 Å². The normalized spacial score (nSPS) is 22.6. The van der Waals surface area contributed by atoms with Gasteiger partial charge < -0.3 is 14.2 Å². The van der Waals surface area contributed by atoms with E-state index >= 15 is 0 Å². The fourth-order valence-electron chi connectivity index (χ4n) is 5.36. The molecule has 3 unspecified atom stereocenters. The van der Waals surface area contributed by atoms with Gasteiger partial charge in [-0.05, 0) is 62.2 Å². The molecule has 1 fully saturated rings. The van der Waals surface area contributed by atoms with E-state index < -0.39 is 0 Å². The predicted octanol–water partition coefficient (Wildman–Crippen LogP) is 6.14. The highest BCUT2D eigenvalue weighted by Gasteiger charge is 2.40. The predicted molar refractivity (Wildman–Crippen MR) is 136 cm³/mol. The van der Waals surface area contributed by atoms with E-state index in [1.165, 1.54) is 54.6 Å². The minimum atomic E-state index is -0.358. The maximum Gasteiger partial charge on any atom is 0.207 e. The molecular weight excluding hydrogens is 422 g/mol. The van der Waals surface area contributed by atoms with Gasteiger partial charge in [0.1, 0.15) is 18.1 Å². The summed E-state index contributed by atoms with van der Waals surface area (Å²) in [6.45, 7) is 6.25. The summed E-state index contributed by atoms with van der Waals surface area (Å²) in [4.78, 5) is 2.51. The van der Waals surface area contributed by atoms with Gasteiger partial charge in [0.2, 0.25) is 6.29 Å². The van der Waals surface area contributed by atoms with Gasteiger partial charge >= 0.3 is 0 Å². The molecule has 0 radical (unpaired) electrons. The molecule has 34 heavy (non-hydrogen) atoms. The van der Waals surface area contributed by atoms with E-state index in [9.17, 15) is 0 Å². The molecule has 0 aliphatic carbocycles. The molecule has 2 heterocycles. The van der Waals surface area contributed by atoms with Crippen molar-refractivity contribution in [2.75, 3.05) is 33.4 Å². The number of methoxy groups -OCH3 is 1. The summed E-state index contributed by atoms with van der Waals surface area (Å²) in [6.07, 6.45) is 3.63. The van der Waals surface area contributed by atoms with Crippen LogP contribution in [0.5, 0.6) is 11.5 Å². The van der Waals surface area contributed by atoms with Crippen LogP contribution in [0.2, 0.25) is 0 Å². The first-order valence-corrected chi connectivity index (χ1v) is 12.5. The monoisotopic (exact) mass is 457 g/mol. The molecule has 178 valence electrons. The molecule has 0 N–H and O–H groups in total. The van der Waals surface area contributed by atoms with Crippen LogP contribution in [0.15, 0.2) is 72.8 Å². The second-order valence-electron chi connectivity index (χ2n) is 9.49. The topological polar surface area (TPSA) is 30.9 Å². The highest BCUT2D eigenvalue weighted by molar-refractivity contribution is 5.49. The molecule has 0 aromatic heterocycles. The molecular formula is C30H35NO3.